The van der Waals surface area contributed by atoms with Crippen LogP contribution in [0.1, 0.15) is 10.4 Å². The van der Waals surface area contributed by atoms with Crippen LogP contribution in [0.2, 0.25) is 0 Å². The van der Waals surface area contributed by atoms with Crippen LogP contribution in [0.25, 0.3) is 0 Å². The Labute approximate surface area is 103 Å². The predicted molar refractivity (Wildman–Crippen MR) is 61.4 cm³/mol. The van der Waals surface area contributed by atoms with Gasteiger partial charge in [0.15, 0.2) is 17.9 Å². The predicted octanol–water partition coefficient (Wildman–Crippen LogP) is 1.67. The summed E-state index contributed by atoms with van der Waals surface area (Å²) in [4.78, 5) is 13.9. The van der Waals surface area contributed by atoms with Crippen LogP contribution in [0.5, 0.6) is 0 Å². The minimum absolute atomic E-state index is 0.106. The van der Waals surface area contributed by atoms with Gasteiger partial charge in [0, 0.05) is 26.2 Å². The van der Waals surface area contributed by atoms with Gasteiger partial charge in [-0.2, -0.15) is 0 Å². The van der Waals surface area contributed by atoms with Crippen LogP contribution < -0.4 is 4.90 Å². The van der Waals surface area contributed by atoms with Crippen molar-refractivity contribution in [1.29, 1.82) is 0 Å². The Balaban J connectivity index is 2.39. The number of piperazine rings is 1. The van der Waals surface area contributed by atoms with Crippen LogP contribution in [0.4, 0.5) is 18.9 Å². The molecule has 1 aromatic rings. The van der Waals surface area contributed by atoms with Crippen molar-refractivity contribution in [1.82, 2.24) is 4.90 Å². The minimum Gasteiger partial charge on any atom is -0.364 e. The number of carbonyl (C=O) groups excluding carboxylic acids is 1. The summed E-state index contributed by atoms with van der Waals surface area (Å²) in [5.41, 5.74) is -0.978. The molecule has 1 saturated heterocycles. The fraction of sp³-hybridized carbons (Fsp3) is 0.417. The van der Waals surface area contributed by atoms with E-state index < -0.39 is 23.0 Å². The van der Waals surface area contributed by atoms with Crippen molar-refractivity contribution in [3.8, 4) is 0 Å². The number of rotatable bonds is 2. The van der Waals surface area contributed by atoms with Gasteiger partial charge in [-0.25, -0.2) is 13.2 Å². The summed E-state index contributed by atoms with van der Waals surface area (Å²) in [6.45, 7) is 2.14. The number of aldehydes is 1. The van der Waals surface area contributed by atoms with Gasteiger partial charge < -0.3 is 9.80 Å². The van der Waals surface area contributed by atoms with Gasteiger partial charge in [-0.05, 0) is 13.1 Å². The molecule has 3 nitrogen and oxygen atoms in total. The number of benzene rings is 1. The van der Waals surface area contributed by atoms with E-state index in [0.29, 0.717) is 26.2 Å². The van der Waals surface area contributed by atoms with E-state index in [4.69, 9.17) is 0 Å². The third-order valence-corrected chi connectivity index (χ3v) is 3.11. The summed E-state index contributed by atoms with van der Waals surface area (Å²) >= 11 is 0. The first-order valence-corrected chi connectivity index (χ1v) is 5.60. The zero-order chi connectivity index (χ0) is 13.3. The van der Waals surface area contributed by atoms with Crippen molar-refractivity contribution in [2.75, 3.05) is 38.1 Å². The van der Waals surface area contributed by atoms with Crippen molar-refractivity contribution in [2.24, 2.45) is 0 Å². The number of carbonyl (C=O) groups is 1. The molecule has 1 aromatic carbocycles. The second-order valence-corrected chi connectivity index (χ2v) is 4.33. The lowest BCUT2D eigenvalue weighted by Gasteiger charge is -2.34. The highest BCUT2D eigenvalue weighted by molar-refractivity contribution is 5.76. The topological polar surface area (TPSA) is 23.6 Å². The van der Waals surface area contributed by atoms with E-state index in [-0.39, 0.29) is 12.0 Å². The highest BCUT2D eigenvalue weighted by atomic mass is 19.2. The summed E-state index contributed by atoms with van der Waals surface area (Å²) in [6.07, 6.45) is 0.106. The number of hydrogen-bond donors (Lipinski definition) is 0. The average molecular weight is 258 g/mol. The maximum absolute atomic E-state index is 13.8. The third kappa shape index (κ3) is 2.20. The van der Waals surface area contributed by atoms with Crippen LogP contribution in [0.15, 0.2) is 6.07 Å². The molecule has 2 rings (SSSR count). The number of nitrogens with zero attached hydrogens (tertiary/aromatic N) is 2. The SMILES string of the molecule is CN1CCN(c2c(F)cc(C=O)c(F)c2F)CC1. The molecular weight excluding hydrogens is 245 g/mol. The van der Waals surface area contributed by atoms with Crippen molar-refractivity contribution in [2.45, 2.75) is 0 Å². The first-order chi connectivity index (χ1) is 8.54. The summed E-state index contributed by atoms with van der Waals surface area (Å²) in [7, 11) is 1.90. The lowest BCUT2D eigenvalue weighted by molar-refractivity contribution is 0.111. The molecular formula is C12H13F3N2O. The van der Waals surface area contributed by atoms with Gasteiger partial charge in [0.1, 0.15) is 11.5 Å². The Bertz CT molecular complexity index is 471. The molecule has 0 radical (unpaired) electrons. The Morgan fingerprint density at radius 3 is 2.28 bits per heavy atom. The standard InChI is InChI=1S/C12H13F3N2O/c1-16-2-4-17(5-3-16)12-9(13)6-8(7-18)10(14)11(12)15/h6-7H,2-5H2,1H3. The molecule has 0 spiro atoms. The summed E-state index contributed by atoms with van der Waals surface area (Å²) in [5.74, 6) is -3.48. The third-order valence-electron chi connectivity index (χ3n) is 3.11. The van der Waals surface area contributed by atoms with E-state index >= 15 is 0 Å². The first kappa shape index (κ1) is 12.9. The van der Waals surface area contributed by atoms with Crippen molar-refractivity contribution in [3.63, 3.8) is 0 Å². The molecule has 0 atom stereocenters. The van der Waals surface area contributed by atoms with Crippen molar-refractivity contribution < 1.29 is 18.0 Å². The zero-order valence-electron chi connectivity index (χ0n) is 9.92. The summed E-state index contributed by atoms with van der Waals surface area (Å²) < 4.78 is 41.0. The average Bonchev–Trinajstić information content (AvgIpc) is 2.36. The van der Waals surface area contributed by atoms with Gasteiger partial charge in [-0.3, -0.25) is 4.79 Å². The smallest absolute Gasteiger partial charge is 0.185 e. The maximum atomic E-state index is 13.8. The molecule has 6 heteroatoms. The molecule has 18 heavy (non-hydrogen) atoms. The Morgan fingerprint density at radius 1 is 1.11 bits per heavy atom. The molecule has 0 aromatic heterocycles. The number of likely N-dealkylation sites (N-methyl/N-ethyl adjacent to an activating group) is 1. The molecule has 0 N–H and O–H groups in total. The molecule has 0 amide bonds. The zero-order valence-corrected chi connectivity index (χ0v) is 9.92. The molecule has 1 fully saturated rings. The lowest BCUT2D eigenvalue weighted by atomic mass is 10.1. The molecule has 0 aliphatic carbocycles. The van der Waals surface area contributed by atoms with Gasteiger partial charge in [0.05, 0.1) is 5.56 Å². The van der Waals surface area contributed by atoms with Gasteiger partial charge in [-0.15, -0.1) is 0 Å². The summed E-state index contributed by atoms with van der Waals surface area (Å²) in [6, 6.07) is 0.735. The molecule has 1 aliphatic heterocycles. The number of halogens is 3. The minimum atomic E-state index is -1.29. The number of hydrogen-bond acceptors (Lipinski definition) is 3. The molecule has 0 bridgehead atoms. The van der Waals surface area contributed by atoms with Gasteiger partial charge >= 0.3 is 0 Å². The van der Waals surface area contributed by atoms with Crippen LogP contribution >= 0.6 is 0 Å². The van der Waals surface area contributed by atoms with Crippen LogP contribution in [-0.2, 0) is 0 Å². The quantitative estimate of drug-likeness (QED) is 0.595. The van der Waals surface area contributed by atoms with E-state index in [1.807, 2.05) is 11.9 Å². The van der Waals surface area contributed by atoms with Gasteiger partial charge in [0.25, 0.3) is 0 Å². The van der Waals surface area contributed by atoms with Crippen LogP contribution in [0.3, 0.4) is 0 Å². The fourth-order valence-corrected chi connectivity index (χ4v) is 2.01. The van der Waals surface area contributed by atoms with Gasteiger partial charge in [-0.1, -0.05) is 0 Å². The van der Waals surface area contributed by atoms with Crippen LogP contribution in [-0.4, -0.2) is 44.4 Å². The van der Waals surface area contributed by atoms with Crippen molar-refractivity contribution >= 4 is 12.0 Å². The molecule has 1 heterocycles. The monoisotopic (exact) mass is 258 g/mol. The highest BCUT2D eigenvalue weighted by Gasteiger charge is 2.25. The molecule has 1 aliphatic rings. The largest absolute Gasteiger partial charge is 0.364 e. The van der Waals surface area contributed by atoms with E-state index in [9.17, 15) is 18.0 Å². The van der Waals surface area contributed by atoms with E-state index in [1.165, 1.54) is 4.90 Å². The van der Waals surface area contributed by atoms with E-state index in [2.05, 4.69) is 0 Å². The van der Waals surface area contributed by atoms with Gasteiger partial charge in [0.2, 0.25) is 0 Å². The highest BCUT2D eigenvalue weighted by Crippen LogP contribution is 2.28. The second kappa shape index (κ2) is 4.97. The molecule has 0 unspecified atom stereocenters. The van der Waals surface area contributed by atoms with Crippen LogP contribution in [0, 0.1) is 17.5 Å². The second-order valence-electron chi connectivity index (χ2n) is 4.33. The van der Waals surface area contributed by atoms with E-state index in [1.54, 1.807) is 0 Å². The lowest BCUT2D eigenvalue weighted by Crippen LogP contribution is -2.45. The Morgan fingerprint density at radius 2 is 1.72 bits per heavy atom. The Hall–Kier alpha value is -1.56. The Kier molecular flexibility index (Phi) is 3.56. The molecule has 0 saturated carbocycles. The first-order valence-electron chi connectivity index (χ1n) is 5.60. The maximum Gasteiger partial charge on any atom is 0.185 e. The number of anilines is 1. The van der Waals surface area contributed by atoms with E-state index in [0.717, 1.165) is 6.07 Å². The normalized spacial score (nSPS) is 17.0. The summed E-state index contributed by atoms with van der Waals surface area (Å²) in [5, 5.41) is 0. The fourth-order valence-electron chi connectivity index (χ4n) is 2.01. The molecule has 98 valence electrons. The van der Waals surface area contributed by atoms with Crippen molar-refractivity contribution in [3.05, 3.63) is 29.1 Å².